The van der Waals surface area contributed by atoms with E-state index in [1.807, 2.05) is 19.1 Å². The van der Waals surface area contributed by atoms with E-state index < -0.39 is 6.29 Å². The number of aliphatic hydroxyl groups is 1. The Bertz CT molecular complexity index is 1230. The van der Waals surface area contributed by atoms with E-state index >= 15 is 0 Å². The third-order valence-electron chi connectivity index (χ3n) is 6.46. The SMILES string of the molecule is C=CC(O)OC(C)COc1ccc(CCc2ccc(N(c3ccc(C)cc3)c3ccc(C)cc3)cc2)cc1. The summed E-state index contributed by atoms with van der Waals surface area (Å²) < 4.78 is 11.1. The summed E-state index contributed by atoms with van der Waals surface area (Å²) in [5, 5.41) is 9.48. The summed E-state index contributed by atoms with van der Waals surface area (Å²) in [5.41, 5.74) is 8.49. The molecule has 0 radical (unpaired) electrons. The lowest BCUT2D eigenvalue weighted by molar-refractivity contribution is -0.108. The topological polar surface area (TPSA) is 41.9 Å². The minimum absolute atomic E-state index is 0.237. The molecule has 0 saturated heterocycles. The number of nitrogens with zero attached hydrogens (tertiary/aromatic N) is 1. The molecule has 0 fully saturated rings. The molecule has 196 valence electrons. The summed E-state index contributed by atoms with van der Waals surface area (Å²) in [5.74, 6) is 0.786. The number of aliphatic hydroxyl groups excluding tert-OH is 1. The highest BCUT2D eigenvalue weighted by molar-refractivity contribution is 5.76. The van der Waals surface area contributed by atoms with Crippen molar-refractivity contribution < 1.29 is 14.6 Å². The fourth-order valence-electron chi connectivity index (χ4n) is 4.23. The molecule has 4 aromatic rings. The van der Waals surface area contributed by atoms with Crippen molar-refractivity contribution in [1.29, 1.82) is 0 Å². The first-order valence-electron chi connectivity index (χ1n) is 13.1. The maximum absolute atomic E-state index is 9.48. The van der Waals surface area contributed by atoms with Crippen molar-refractivity contribution in [2.24, 2.45) is 0 Å². The number of hydrogen-bond acceptors (Lipinski definition) is 4. The molecule has 2 atom stereocenters. The van der Waals surface area contributed by atoms with E-state index in [1.54, 1.807) is 0 Å². The van der Waals surface area contributed by atoms with Gasteiger partial charge in [-0.3, -0.25) is 0 Å². The molecule has 0 aliphatic heterocycles. The highest BCUT2D eigenvalue weighted by atomic mass is 16.6. The van der Waals surface area contributed by atoms with Crippen LogP contribution in [-0.2, 0) is 17.6 Å². The second kappa shape index (κ2) is 13.1. The van der Waals surface area contributed by atoms with Crippen molar-refractivity contribution in [3.63, 3.8) is 0 Å². The third-order valence-corrected chi connectivity index (χ3v) is 6.46. The maximum Gasteiger partial charge on any atom is 0.174 e. The average molecular weight is 508 g/mol. The van der Waals surface area contributed by atoms with Gasteiger partial charge in [0.2, 0.25) is 0 Å². The standard InChI is InChI=1S/C34H37NO3/c1-5-34(36)38-27(4)24-37-33-22-14-29(15-23-33)11-10-28-12-20-32(21-13-28)35(30-16-6-25(2)7-17-30)31-18-8-26(3)9-19-31/h5-9,12-23,27,34,36H,1,10-11,24H2,2-4H3. The van der Waals surface area contributed by atoms with Crippen molar-refractivity contribution in [2.45, 2.75) is 46.0 Å². The zero-order chi connectivity index (χ0) is 26.9. The number of aryl methyl sites for hydroxylation is 4. The molecule has 0 spiro atoms. The molecule has 4 aromatic carbocycles. The van der Waals surface area contributed by atoms with Crippen molar-refractivity contribution in [3.8, 4) is 5.75 Å². The molecule has 0 aliphatic carbocycles. The lowest BCUT2D eigenvalue weighted by Crippen LogP contribution is -2.23. The lowest BCUT2D eigenvalue weighted by atomic mass is 10.0. The predicted octanol–water partition coefficient (Wildman–Crippen LogP) is 7.85. The Morgan fingerprint density at radius 1 is 0.711 bits per heavy atom. The second-order valence-electron chi connectivity index (χ2n) is 9.70. The lowest BCUT2D eigenvalue weighted by Gasteiger charge is -2.26. The molecule has 1 N–H and O–H groups in total. The van der Waals surface area contributed by atoms with Crippen molar-refractivity contribution in [3.05, 3.63) is 132 Å². The fourth-order valence-corrected chi connectivity index (χ4v) is 4.23. The Morgan fingerprint density at radius 2 is 1.13 bits per heavy atom. The van der Waals surface area contributed by atoms with Crippen molar-refractivity contribution in [2.75, 3.05) is 11.5 Å². The smallest absolute Gasteiger partial charge is 0.174 e. The third kappa shape index (κ3) is 7.58. The van der Waals surface area contributed by atoms with E-state index in [0.717, 1.165) is 35.7 Å². The van der Waals surface area contributed by atoms with Crippen LogP contribution in [0, 0.1) is 13.8 Å². The summed E-state index contributed by atoms with van der Waals surface area (Å²) in [6, 6.07) is 34.4. The van der Waals surface area contributed by atoms with Gasteiger partial charge < -0.3 is 19.5 Å². The predicted molar refractivity (Wildman–Crippen MR) is 157 cm³/mol. The zero-order valence-corrected chi connectivity index (χ0v) is 22.5. The van der Waals surface area contributed by atoms with Crippen molar-refractivity contribution in [1.82, 2.24) is 0 Å². The van der Waals surface area contributed by atoms with E-state index in [-0.39, 0.29) is 6.10 Å². The number of benzene rings is 4. The summed E-state index contributed by atoms with van der Waals surface area (Å²) >= 11 is 0. The van der Waals surface area contributed by atoms with Crippen LogP contribution in [0.1, 0.15) is 29.2 Å². The summed E-state index contributed by atoms with van der Waals surface area (Å²) in [7, 11) is 0. The second-order valence-corrected chi connectivity index (χ2v) is 9.70. The van der Waals surface area contributed by atoms with Gasteiger partial charge in [-0.1, -0.05) is 66.2 Å². The molecule has 0 amide bonds. The average Bonchev–Trinajstić information content (AvgIpc) is 2.94. The molecular weight excluding hydrogens is 470 g/mol. The molecule has 0 aliphatic rings. The van der Waals surface area contributed by atoms with Gasteiger partial charge in [-0.05, 0) is 99.3 Å². The highest BCUT2D eigenvalue weighted by Crippen LogP contribution is 2.34. The summed E-state index contributed by atoms with van der Waals surface area (Å²) in [6.07, 6.45) is 2.05. The van der Waals surface area contributed by atoms with E-state index in [0.29, 0.717) is 6.61 Å². The van der Waals surface area contributed by atoms with Gasteiger partial charge in [0.05, 0.1) is 6.10 Å². The van der Waals surface area contributed by atoms with Crippen LogP contribution in [0.3, 0.4) is 0 Å². The highest BCUT2D eigenvalue weighted by Gasteiger charge is 2.12. The number of ether oxygens (including phenoxy) is 2. The van der Waals surface area contributed by atoms with Gasteiger partial charge in [0.25, 0.3) is 0 Å². The number of hydrogen-bond donors (Lipinski definition) is 1. The van der Waals surface area contributed by atoms with Crippen LogP contribution in [0.5, 0.6) is 5.75 Å². The van der Waals surface area contributed by atoms with Crippen LogP contribution >= 0.6 is 0 Å². The normalized spacial score (nSPS) is 12.5. The van der Waals surface area contributed by atoms with Crippen LogP contribution in [0.4, 0.5) is 17.1 Å². The molecule has 2 unspecified atom stereocenters. The van der Waals surface area contributed by atoms with E-state index in [2.05, 4.69) is 110 Å². The van der Waals surface area contributed by atoms with Gasteiger partial charge in [0, 0.05) is 17.1 Å². The Balaban J connectivity index is 1.38. The maximum atomic E-state index is 9.48. The molecule has 4 heteroatoms. The van der Waals surface area contributed by atoms with Crippen LogP contribution in [0.15, 0.2) is 110 Å². The first-order valence-corrected chi connectivity index (χ1v) is 13.1. The van der Waals surface area contributed by atoms with Crippen LogP contribution in [0.25, 0.3) is 0 Å². The molecule has 0 aromatic heterocycles. The molecule has 4 nitrogen and oxygen atoms in total. The minimum Gasteiger partial charge on any atom is -0.491 e. The van der Waals surface area contributed by atoms with Gasteiger partial charge >= 0.3 is 0 Å². The van der Waals surface area contributed by atoms with E-state index in [9.17, 15) is 5.11 Å². The zero-order valence-electron chi connectivity index (χ0n) is 22.5. The van der Waals surface area contributed by atoms with E-state index in [1.165, 1.54) is 28.3 Å². The quantitative estimate of drug-likeness (QED) is 0.157. The number of anilines is 3. The Kier molecular flexibility index (Phi) is 9.36. The Hall–Kier alpha value is -3.86. The molecule has 38 heavy (non-hydrogen) atoms. The monoisotopic (exact) mass is 507 g/mol. The van der Waals surface area contributed by atoms with Gasteiger partial charge in [-0.15, -0.1) is 0 Å². The molecular formula is C34H37NO3. The first-order chi connectivity index (χ1) is 18.4. The van der Waals surface area contributed by atoms with Crippen LogP contribution < -0.4 is 9.64 Å². The largest absolute Gasteiger partial charge is 0.491 e. The van der Waals surface area contributed by atoms with Gasteiger partial charge in [-0.2, -0.15) is 0 Å². The van der Waals surface area contributed by atoms with E-state index in [4.69, 9.17) is 9.47 Å². The van der Waals surface area contributed by atoms with Gasteiger partial charge in [0.15, 0.2) is 6.29 Å². The Morgan fingerprint density at radius 3 is 1.58 bits per heavy atom. The molecule has 0 saturated carbocycles. The summed E-state index contributed by atoms with van der Waals surface area (Å²) in [4.78, 5) is 2.30. The molecule has 0 bridgehead atoms. The van der Waals surface area contributed by atoms with Crippen molar-refractivity contribution >= 4 is 17.1 Å². The minimum atomic E-state index is -0.974. The van der Waals surface area contributed by atoms with Gasteiger partial charge in [-0.25, -0.2) is 0 Å². The van der Waals surface area contributed by atoms with Crippen LogP contribution in [0.2, 0.25) is 0 Å². The number of rotatable bonds is 12. The first kappa shape index (κ1) is 27.2. The van der Waals surface area contributed by atoms with Crippen LogP contribution in [-0.4, -0.2) is 24.1 Å². The fraction of sp³-hybridized carbons (Fsp3) is 0.235. The summed E-state index contributed by atoms with van der Waals surface area (Å²) in [6.45, 7) is 9.95. The van der Waals surface area contributed by atoms with Gasteiger partial charge in [0.1, 0.15) is 12.4 Å². The molecule has 0 heterocycles. The molecule has 4 rings (SSSR count). The Labute approximate surface area is 226 Å².